The van der Waals surface area contributed by atoms with E-state index in [1.807, 2.05) is 24.8 Å². The summed E-state index contributed by atoms with van der Waals surface area (Å²) in [7, 11) is 0. The number of carbonyl (C=O) groups is 2. The van der Waals surface area contributed by atoms with Crippen molar-refractivity contribution in [2.24, 2.45) is 35.0 Å². The molecule has 19 nitrogen and oxygen atoms in total. The Bertz CT molecular complexity index is 3220. The van der Waals surface area contributed by atoms with Crippen molar-refractivity contribution in [3.05, 3.63) is 133 Å². The molecule has 0 bridgehead atoms. The van der Waals surface area contributed by atoms with Gasteiger partial charge in [-0.25, -0.2) is 9.97 Å². The van der Waals surface area contributed by atoms with Crippen LogP contribution in [0.25, 0.3) is 44.6 Å². The molecule has 11 rings (SSSR count). The van der Waals surface area contributed by atoms with Crippen LogP contribution in [0.2, 0.25) is 0 Å². The van der Waals surface area contributed by atoms with Crippen LogP contribution in [-0.2, 0) is 22.7 Å². The molecule has 2 amide bonds. The van der Waals surface area contributed by atoms with Crippen LogP contribution in [0, 0.1) is 17.8 Å². The Morgan fingerprint density at radius 2 is 0.938 bits per heavy atom. The van der Waals surface area contributed by atoms with Crippen molar-refractivity contribution in [3.63, 3.8) is 0 Å². The first kappa shape index (κ1) is 59.1. The molecule has 0 radical (unpaired) electrons. The minimum absolute atomic E-state index is 0.0763. The Morgan fingerprint density at radius 1 is 0.568 bits per heavy atom. The highest BCUT2D eigenvalue weighted by molar-refractivity contribution is 5.86. The lowest BCUT2D eigenvalue weighted by Crippen LogP contribution is -2.39. The van der Waals surface area contributed by atoms with Crippen LogP contribution in [0.4, 0.5) is 23.5 Å². The normalized spacial score (nSPS) is 15.1. The standard InChI is InChI=1S/C27H31N7O.C27H33N7.C6H12N2O.C2H6O/c1-18(2)34-17-30-23-25(29-16-19-8-10-21(11-9-19)20-6-4-3-5-7-20)31-27(32-26(23)34)33-14-12-22(13-15-33)24(28)35;1-19(2)34-18-30-24-25(31-27(32-26(24)34)33-14-12-20(16-28)13-15-33)29-17-21-8-10-23(11-9-21)22-6-4-3-5-7-22;7-6(9)5-1-3-8-4-2-5;1-2-3/h3-11,17-18,22H,12-16H2,1-2H3,(H2,28,35)(H,29,31,32);3-11,18-20H,12-17,28H2,1-2H3,(H,29,31,32);5,8H,1-4H2,(H2,7,9);3H,2H2,1H3. The number of aliphatic hydroxyl groups is 1. The summed E-state index contributed by atoms with van der Waals surface area (Å²) in [6.07, 6.45) is 9.12. The Hall–Kier alpha value is -8.00. The number of anilines is 4. The highest BCUT2D eigenvalue weighted by Crippen LogP contribution is 2.31. The minimum Gasteiger partial charge on any atom is -0.397 e. The van der Waals surface area contributed by atoms with E-state index >= 15 is 0 Å². The van der Waals surface area contributed by atoms with Gasteiger partial charge >= 0.3 is 0 Å². The molecule has 0 atom stereocenters. The molecule has 428 valence electrons. The van der Waals surface area contributed by atoms with E-state index in [1.54, 1.807) is 6.92 Å². The van der Waals surface area contributed by atoms with Gasteiger partial charge in [-0.3, -0.25) is 9.59 Å². The monoisotopic (exact) mass is 1100 g/mol. The van der Waals surface area contributed by atoms with Gasteiger partial charge in [-0.15, -0.1) is 0 Å². The van der Waals surface area contributed by atoms with Crippen molar-refractivity contribution in [2.45, 2.75) is 98.3 Å². The lowest BCUT2D eigenvalue weighted by molar-refractivity contribution is -0.123. The van der Waals surface area contributed by atoms with Gasteiger partial charge in [-0.1, -0.05) is 109 Å². The first-order chi connectivity index (χ1) is 39.3. The number of carbonyl (C=O) groups excluding carboxylic acids is 2. The Kier molecular flexibility index (Phi) is 21.1. The molecule has 19 heteroatoms. The molecule has 81 heavy (non-hydrogen) atoms. The lowest BCUT2D eigenvalue weighted by Gasteiger charge is -2.31. The molecular weight excluding hydrogens is 1020 g/mol. The van der Waals surface area contributed by atoms with Gasteiger partial charge in [0.05, 0.1) is 12.7 Å². The summed E-state index contributed by atoms with van der Waals surface area (Å²) in [6, 6.07) is 38.5. The lowest BCUT2D eigenvalue weighted by atomic mass is 9.96. The van der Waals surface area contributed by atoms with E-state index in [0.29, 0.717) is 43.9 Å². The van der Waals surface area contributed by atoms with E-state index < -0.39 is 0 Å². The number of nitrogens with zero attached hydrogens (tertiary/aromatic N) is 10. The van der Waals surface area contributed by atoms with E-state index in [0.717, 1.165) is 111 Å². The highest BCUT2D eigenvalue weighted by atomic mass is 16.2. The third-order valence-electron chi connectivity index (χ3n) is 15.1. The van der Waals surface area contributed by atoms with Crippen LogP contribution in [0.5, 0.6) is 0 Å². The number of hydrogen-bond donors (Lipinski definition) is 7. The van der Waals surface area contributed by atoms with E-state index in [9.17, 15) is 9.59 Å². The summed E-state index contributed by atoms with van der Waals surface area (Å²) in [4.78, 5) is 55.4. The number of aliphatic hydroxyl groups excluding tert-OH is 1. The van der Waals surface area contributed by atoms with Crippen molar-refractivity contribution in [1.82, 2.24) is 44.4 Å². The van der Waals surface area contributed by atoms with Gasteiger partial charge in [0.2, 0.25) is 23.7 Å². The number of nitrogens with one attached hydrogen (secondary N) is 3. The predicted molar refractivity (Wildman–Crippen MR) is 325 cm³/mol. The van der Waals surface area contributed by atoms with Crippen LogP contribution in [0.1, 0.15) is 96.4 Å². The van der Waals surface area contributed by atoms with Gasteiger partial charge in [0, 0.05) is 69.8 Å². The fourth-order valence-corrected chi connectivity index (χ4v) is 10.2. The van der Waals surface area contributed by atoms with E-state index in [2.05, 4.69) is 170 Å². The summed E-state index contributed by atoms with van der Waals surface area (Å²) in [5.74, 6) is 3.21. The third kappa shape index (κ3) is 15.7. The summed E-state index contributed by atoms with van der Waals surface area (Å²) in [5, 5.41) is 17.8. The fraction of sp³-hybridized carbons (Fsp3) is 0.419. The van der Waals surface area contributed by atoms with Gasteiger partial charge in [-0.2, -0.15) is 19.9 Å². The number of piperidine rings is 3. The van der Waals surface area contributed by atoms with Gasteiger partial charge in [0.1, 0.15) is 0 Å². The number of fused-ring (bicyclic) bond motifs is 2. The number of nitrogens with two attached hydrogens (primary N) is 3. The Balaban J connectivity index is 0.000000177. The third-order valence-corrected chi connectivity index (χ3v) is 15.1. The fourth-order valence-electron chi connectivity index (χ4n) is 10.2. The first-order valence-electron chi connectivity index (χ1n) is 28.7. The second kappa shape index (κ2) is 28.9. The SMILES string of the molecule is CC(C)n1cnc2c(NCc3ccc(-c4ccccc4)cc3)nc(N3CCC(C(N)=O)CC3)nc21.CC(C)n1cnc2c(NCc3ccc(-c4ccccc4)cc3)nc(N3CCC(CN)CC3)nc21.CCO.NC(=O)C1CCNCC1. The summed E-state index contributed by atoms with van der Waals surface area (Å²) in [6.45, 7) is 17.7. The second-order valence-electron chi connectivity index (χ2n) is 21.5. The van der Waals surface area contributed by atoms with Crippen molar-refractivity contribution in [3.8, 4) is 22.3 Å². The van der Waals surface area contributed by atoms with E-state index in [4.69, 9.17) is 42.2 Å². The molecule has 3 fully saturated rings. The molecule has 0 aliphatic carbocycles. The smallest absolute Gasteiger partial charge is 0.229 e. The number of hydrogen-bond acceptors (Lipinski definition) is 15. The zero-order chi connectivity index (χ0) is 57.3. The maximum Gasteiger partial charge on any atom is 0.229 e. The molecule has 4 aromatic heterocycles. The predicted octanol–water partition coefficient (Wildman–Crippen LogP) is 8.72. The van der Waals surface area contributed by atoms with Crippen LogP contribution in [0.15, 0.2) is 122 Å². The number of aromatic nitrogens is 8. The number of benzene rings is 4. The number of amides is 2. The molecule has 8 aromatic rings. The van der Waals surface area contributed by atoms with Gasteiger partial charge in [0.25, 0.3) is 0 Å². The first-order valence-corrected chi connectivity index (χ1v) is 28.7. The average Bonchev–Trinajstić information content (AvgIpc) is 4.34. The van der Waals surface area contributed by atoms with Gasteiger partial charge < -0.3 is 57.2 Å². The zero-order valence-corrected chi connectivity index (χ0v) is 47.7. The molecule has 0 saturated carbocycles. The molecule has 0 spiro atoms. The van der Waals surface area contributed by atoms with Crippen molar-refractivity contribution < 1.29 is 14.7 Å². The van der Waals surface area contributed by atoms with Crippen LogP contribution < -0.4 is 43.0 Å². The maximum absolute atomic E-state index is 11.6. The van der Waals surface area contributed by atoms with Crippen LogP contribution in [0.3, 0.4) is 0 Å². The number of rotatable bonds is 15. The molecular formula is C62H82N16O3. The zero-order valence-electron chi connectivity index (χ0n) is 47.7. The Labute approximate surface area is 476 Å². The van der Waals surface area contributed by atoms with Crippen molar-refractivity contribution in [1.29, 1.82) is 0 Å². The summed E-state index contributed by atoms with van der Waals surface area (Å²) >= 11 is 0. The van der Waals surface area contributed by atoms with E-state index in [-0.39, 0.29) is 42.3 Å². The van der Waals surface area contributed by atoms with Gasteiger partial charge in [0.15, 0.2) is 34.0 Å². The summed E-state index contributed by atoms with van der Waals surface area (Å²) < 4.78 is 4.18. The molecule has 10 N–H and O–H groups in total. The number of imidazole rings is 2. The van der Waals surface area contributed by atoms with E-state index in [1.165, 1.54) is 27.8 Å². The number of primary amides is 2. The quantitative estimate of drug-likeness (QED) is 0.0506. The second-order valence-corrected chi connectivity index (χ2v) is 21.5. The summed E-state index contributed by atoms with van der Waals surface area (Å²) in [5.41, 5.74) is 27.0. The van der Waals surface area contributed by atoms with Crippen molar-refractivity contribution >= 4 is 57.7 Å². The molecule has 4 aromatic carbocycles. The highest BCUT2D eigenvalue weighted by Gasteiger charge is 2.27. The molecule has 7 heterocycles. The molecule has 3 aliphatic heterocycles. The topological polar surface area (TPSA) is 262 Å². The maximum atomic E-state index is 11.6. The molecule has 3 aliphatic rings. The molecule has 3 saturated heterocycles. The average molecular weight is 1100 g/mol. The largest absolute Gasteiger partial charge is 0.397 e. The van der Waals surface area contributed by atoms with Crippen molar-refractivity contribution in [2.75, 3.05) is 72.9 Å². The van der Waals surface area contributed by atoms with Gasteiger partial charge in [-0.05, 0) is 132 Å². The minimum atomic E-state index is -0.223. The Morgan fingerprint density at radius 3 is 1.30 bits per heavy atom. The van der Waals surface area contributed by atoms with Crippen LogP contribution in [-0.4, -0.2) is 108 Å². The molecule has 0 unspecified atom stereocenters. The van der Waals surface area contributed by atoms with Crippen LogP contribution >= 0.6 is 0 Å².